The maximum Gasteiger partial charge on any atom is 0.405 e. The molecule has 1 fully saturated rings. The Morgan fingerprint density at radius 3 is 2.70 bits per heavy atom. The summed E-state index contributed by atoms with van der Waals surface area (Å²) in [4.78, 5) is 30.6. The lowest BCUT2D eigenvalue weighted by molar-refractivity contribution is -0.118. The van der Waals surface area contributed by atoms with Crippen LogP contribution in [0, 0.1) is 6.92 Å². The second-order valence-corrected chi connectivity index (χ2v) is 9.31. The molecule has 0 bridgehead atoms. The Hall–Kier alpha value is -3.08. The first-order valence-corrected chi connectivity index (χ1v) is 10.9. The number of carbonyl (C=O) groups is 2. The summed E-state index contributed by atoms with van der Waals surface area (Å²) in [6.07, 6.45) is -0.783. The number of rotatable bonds is 5. The number of aryl methyl sites for hydroxylation is 1. The molecule has 1 saturated heterocycles. The molecule has 6 N–H and O–H groups in total. The van der Waals surface area contributed by atoms with Crippen LogP contribution in [0.5, 0.6) is 0 Å². The summed E-state index contributed by atoms with van der Waals surface area (Å²) < 4.78 is 22.5. The normalized spacial score (nSPS) is 20.0. The van der Waals surface area contributed by atoms with Crippen molar-refractivity contribution in [1.29, 1.82) is 0 Å². The Morgan fingerprint density at radius 1 is 1.30 bits per heavy atom. The average molecular weight is 430 g/mol. The molecule has 1 unspecified atom stereocenters. The number of aromatic amines is 1. The summed E-state index contributed by atoms with van der Waals surface area (Å²) in [6.45, 7) is 1.83. The second-order valence-electron chi connectivity index (χ2n) is 7.35. The molecule has 9 nitrogen and oxygen atoms in total. The van der Waals surface area contributed by atoms with Crippen molar-refractivity contribution in [2.45, 2.75) is 31.1 Å². The van der Waals surface area contributed by atoms with Gasteiger partial charge in [0.15, 0.2) is 0 Å². The molecule has 3 aromatic rings. The van der Waals surface area contributed by atoms with E-state index in [4.69, 9.17) is 0 Å². The third-order valence-corrected chi connectivity index (χ3v) is 6.93. The van der Waals surface area contributed by atoms with E-state index in [1.807, 2.05) is 37.3 Å². The van der Waals surface area contributed by atoms with Gasteiger partial charge in [-0.05, 0) is 35.7 Å². The zero-order chi connectivity index (χ0) is 21.5. The van der Waals surface area contributed by atoms with E-state index in [1.165, 1.54) is 0 Å². The summed E-state index contributed by atoms with van der Waals surface area (Å²) in [5.41, 5.74) is 3.90. The van der Waals surface area contributed by atoms with E-state index >= 15 is 0 Å². The zero-order valence-corrected chi connectivity index (χ0v) is 16.9. The monoisotopic (exact) mass is 430 g/mol. The number of fused-ring (bicyclic) bond motifs is 1. The van der Waals surface area contributed by atoms with Crippen LogP contribution in [0.4, 0.5) is 4.79 Å². The van der Waals surface area contributed by atoms with Crippen LogP contribution >= 0.6 is 10.8 Å². The number of aromatic nitrogens is 2. The molecule has 4 rings (SSSR count). The first-order chi connectivity index (χ1) is 14.2. The minimum absolute atomic E-state index is 0.0186. The SMILES string of the molecule is Cc1cc(C[C@H](NC(=O)O)c2nc3ccccc3[nH]2)ccc1C1CC(=O)NS1(O)O. The molecule has 30 heavy (non-hydrogen) atoms. The first kappa shape index (κ1) is 20.2. The van der Waals surface area contributed by atoms with Gasteiger partial charge in [-0.3, -0.25) is 18.6 Å². The van der Waals surface area contributed by atoms with Crippen molar-refractivity contribution in [2.75, 3.05) is 0 Å². The van der Waals surface area contributed by atoms with Gasteiger partial charge in [-0.15, -0.1) is 10.8 Å². The quantitative estimate of drug-likeness (QED) is 0.364. The molecular formula is C20H22N4O5S. The maximum absolute atomic E-state index is 11.6. The summed E-state index contributed by atoms with van der Waals surface area (Å²) in [6, 6.07) is 12.3. The van der Waals surface area contributed by atoms with E-state index in [-0.39, 0.29) is 12.3 Å². The highest BCUT2D eigenvalue weighted by atomic mass is 32.3. The molecule has 158 valence electrons. The number of para-hydroxylation sites is 2. The lowest BCUT2D eigenvalue weighted by Crippen LogP contribution is -2.29. The fraction of sp³-hybridized carbons (Fsp3) is 0.250. The van der Waals surface area contributed by atoms with Crippen LogP contribution in [0.15, 0.2) is 42.5 Å². The summed E-state index contributed by atoms with van der Waals surface area (Å²) >= 11 is 0. The number of nitrogens with one attached hydrogen (secondary N) is 3. The largest absolute Gasteiger partial charge is 0.465 e. The molecule has 2 amide bonds. The number of H-pyrrole nitrogens is 1. The number of amides is 2. The maximum atomic E-state index is 11.6. The van der Waals surface area contributed by atoms with Crippen LogP contribution in [-0.4, -0.2) is 36.2 Å². The lowest BCUT2D eigenvalue weighted by Gasteiger charge is -2.33. The molecule has 1 aliphatic rings. The first-order valence-electron chi connectivity index (χ1n) is 9.34. The van der Waals surface area contributed by atoms with Crippen LogP contribution in [0.1, 0.15) is 40.2 Å². The third kappa shape index (κ3) is 3.97. The van der Waals surface area contributed by atoms with Gasteiger partial charge in [0.2, 0.25) is 5.91 Å². The van der Waals surface area contributed by atoms with Gasteiger partial charge in [0.1, 0.15) is 11.1 Å². The van der Waals surface area contributed by atoms with Gasteiger partial charge in [0.25, 0.3) is 0 Å². The van der Waals surface area contributed by atoms with Crippen molar-refractivity contribution >= 4 is 33.8 Å². The summed E-state index contributed by atoms with van der Waals surface area (Å²) in [7, 11) is -3.23. The minimum Gasteiger partial charge on any atom is -0.465 e. The van der Waals surface area contributed by atoms with Gasteiger partial charge in [-0.25, -0.2) is 9.78 Å². The number of carbonyl (C=O) groups excluding carboxylic acids is 1. The van der Waals surface area contributed by atoms with Crippen molar-refractivity contribution in [3.05, 3.63) is 65.0 Å². The zero-order valence-electron chi connectivity index (χ0n) is 16.1. The van der Waals surface area contributed by atoms with Crippen LogP contribution in [0.2, 0.25) is 0 Å². The Kier molecular flexibility index (Phi) is 5.14. The van der Waals surface area contributed by atoms with Crippen molar-refractivity contribution in [3.8, 4) is 0 Å². The molecule has 2 heterocycles. The predicted octanol–water partition coefficient (Wildman–Crippen LogP) is 3.65. The molecule has 2 atom stereocenters. The Balaban J connectivity index is 1.61. The van der Waals surface area contributed by atoms with E-state index in [2.05, 4.69) is 20.0 Å². The molecular weight excluding hydrogens is 408 g/mol. The highest BCUT2D eigenvalue weighted by Crippen LogP contribution is 2.56. The van der Waals surface area contributed by atoms with E-state index < -0.39 is 28.2 Å². The van der Waals surface area contributed by atoms with Crippen LogP contribution in [0.3, 0.4) is 0 Å². The van der Waals surface area contributed by atoms with Crippen LogP contribution in [-0.2, 0) is 11.2 Å². The molecule has 2 aromatic carbocycles. The summed E-state index contributed by atoms with van der Waals surface area (Å²) in [5, 5.41) is 11.1. The Labute approximate surface area is 174 Å². The molecule has 0 spiro atoms. The molecule has 0 aliphatic carbocycles. The predicted molar refractivity (Wildman–Crippen MR) is 113 cm³/mol. The van der Waals surface area contributed by atoms with Crippen molar-refractivity contribution in [3.63, 3.8) is 0 Å². The molecule has 10 heteroatoms. The fourth-order valence-corrected chi connectivity index (χ4v) is 5.38. The Morgan fingerprint density at radius 2 is 2.07 bits per heavy atom. The van der Waals surface area contributed by atoms with Gasteiger partial charge in [0.05, 0.1) is 23.5 Å². The topological polar surface area (TPSA) is 148 Å². The fourth-order valence-electron chi connectivity index (χ4n) is 3.82. The second kappa shape index (κ2) is 7.63. The van der Waals surface area contributed by atoms with E-state index in [1.54, 1.807) is 12.1 Å². The number of benzene rings is 2. The number of hydrogen-bond acceptors (Lipinski definition) is 5. The molecule has 1 aromatic heterocycles. The van der Waals surface area contributed by atoms with E-state index in [9.17, 15) is 23.8 Å². The average Bonchev–Trinajstić information content (AvgIpc) is 3.20. The summed E-state index contributed by atoms with van der Waals surface area (Å²) in [5.74, 6) is 0.124. The molecule has 0 saturated carbocycles. The molecule has 0 radical (unpaired) electrons. The highest BCUT2D eigenvalue weighted by molar-refractivity contribution is 8.23. The number of nitrogens with zero attached hydrogens (tertiary/aromatic N) is 1. The van der Waals surface area contributed by atoms with Gasteiger partial charge < -0.3 is 15.4 Å². The number of imidazole rings is 1. The van der Waals surface area contributed by atoms with Crippen molar-refractivity contribution < 1.29 is 23.8 Å². The molecule has 1 aliphatic heterocycles. The minimum atomic E-state index is -3.23. The smallest absolute Gasteiger partial charge is 0.405 e. The van der Waals surface area contributed by atoms with Gasteiger partial charge in [0, 0.05) is 6.42 Å². The highest BCUT2D eigenvalue weighted by Gasteiger charge is 2.38. The van der Waals surface area contributed by atoms with Gasteiger partial charge >= 0.3 is 6.09 Å². The number of carboxylic acid groups (broad SMARTS) is 1. The lowest BCUT2D eigenvalue weighted by atomic mass is 9.97. The van der Waals surface area contributed by atoms with Crippen LogP contribution in [0.25, 0.3) is 11.0 Å². The van der Waals surface area contributed by atoms with E-state index in [0.717, 1.165) is 22.2 Å². The number of hydrogen-bond donors (Lipinski definition) is 6. The van der Waals surface area contributed by atoms with Gasteiger partial charge in [-0.1, -0.05) is 30.3 Å². The standard InChI is InChI=1S/C20H22N4O5S/c1-11-8-12(6-7-13(11)17-10-18(25)24-30(17,28)29)9-16(23-20(26)27)19-21-14-4-2-3-5-15(14)22-19/h2-8,16-17,23,28-29H,9-10H2,1H3,(H,21,22)(H,24,25)(H,26,27)/t16-,17?/m0/s1. The van der Waals surface area contributed by atoms with Crippen molar-refractivity contribution in [1.82, 2.24) is 20.0 Å². The van der Waals surface area contributed by atoms with Crippen LogP contribution < -0.4 is 10.0 Å². The third-order valence-electron chi connectivity index (χ3n) is 5.19. The van der Waals surface area contributed by atoms with Gasteiger partial charge in [-0.2, -0.15) is 0 Å². The van der Waals surface area contributed by atoms with E-state index in [0.29, 0.717) is 17.8 Å². The Bertz CT molecular complexity index is 1100. The van der Waals surface area contributed by atoms with Crippen molar-refractivity contribution in [2.24, 2.45) is 0 Å².